The van der Waals surface area contributed by atoms with Crippen LogP contribution in [-0.4, -0.2) is 173 Å². The van der Waals surface area contributed by atoms with Gasteiger partial charge in [-0.05, 0) is 360 Å². The summed E-state index contributed by atoms with van der Waals surface area (Å²) in [4.78, 5) is 145. The molecular formula is C118H179F2O26S+. The van der Waals surface area contributed by atoms with Gasteiger partial charge in [0.1, 0.15) is 35.6 Å². The molecule has 0 amide bonds. The Labute approximate surface area is 877 Å². The van der Waals surface area contributed by atoms with Crippen molar-refractivity contribution in [3.8, 4) is 0 Å². The molecule has 2 N–H and O–H groups in total. The fourth-order valence-electron chi connectivity index (χ4n) is 22.0. The monoisotopic (exact) mass is 2080 g/mol. The number of halogens is 2. The van der Waals surface area contributed by atoms with Crippen LogP contribution < -0.4 is 0 Å². The molecule has 6 unspecified atom stereocenters. The number of carbonyl (C=O) groups is 12. The van der Waals surface area contributed by atoms with Crippen molar-refractivity contribution >= 4 is 82.5 Å². The summed E-state index contributed by atoms with van der Waals surface area (Å²) in [5, 5.41) is 21.3. The Balaban J connectivity index is 0.000000207. The van der Waals surface area contributed by atoms with E-state index < -0.39 is 105 Å². The Morgan fingerprint density at radius 3 is 1.02 bits per heavy atom. The molecule has 2 heterocycles. The predicted molar refractivity (Wildman–Crippen MR) is 555 cm³/mol. The lowest BCUT2D eigenvalue weighted by Crippen LogP contribution is -2.61. The van der Waals surface area contributed by atoms with Gasteiger partial charge in [-0.2, -0.15) is 0 Å². The Morgan fingerprint density at radius 1 is 0.388 bits per heavy atom. The molecule has 6 atom stereocenters. The fraction of sp³-hybridized carbons (Fsp3) is 0.746. The number of rotatable bonds is 34. The standard InChI is InChI=1S/C23H36O6.C18H15S.2C16H26O3.C14H26O2.C11H18F2O4.2C10H16O4/c1-5-22(2,3)21(26)28-9-8-27-19(24)6-7-20(25)29-23(4)17-11-15-10-16(13-17)14-18(23)12-15;1-4-10-16(11-5-1)19(17-12-6-2-7-13-17)18-14-8-3-9-15-18;2*1-4-14(2,3)13(17)19-16-8-11-5-12(9-16)7-15(18,6-11)10-16;1-6-13(4,5)12(15)16-14(11(2)3)9-7-8-10-14;1-5-10(2,3)9(15)16-6-8(14)17-7-11(4,12)13;2*1-4-10(2,3)9(12)14-7-5-6-13-8(7)11/h15-18H,5-14H2,1-4H3;1-15H;2*11-12,18H,4-10H2,1-3H3;11H,6-10H2,1-5H3;5-7H2,1-4H3;2*7H,4-6H2,1-3H3/q;+1;;;;;;. The van der Waals surface area contributed by atoms with Crippen LogP contribution in [0.1, 0.15) is 379 Å². The van der Waals surface area contributed by atoms with Crippen molar-refractivity contribution in [1.29, 1.82) is 0 Å². The van der Waals surface area contributed by atoms with Crippen molar-refractivity contribution < 1.29 is 133 Å². The van der Waals surface area contributed by atoms with Gasteiger partial charge in [0.15, 0.2) is 27.9 Å². The first-order valence-corrected chi connectivity index (χ1v) is 55.7. The quantitative estimate of drug-likeness (QED) is 0.0243. The molecule has 0 aromatic heterocycles. The van der Waals surface area contributed by atoms with Crippen molar-refractivity contribution in [3.05, 3.63) is 91.0 Å². The van der Waals surface area contributed by atoms with Gasteiger partial charge >= 0.3 is 71.6 Å². The first-order valence-electron chi connectivity index (χ1n) is 54.5. The molecule has 2 saturated heterocycles. The van der Waals surface area contributed by atoms with Gasteiger partial charge in [-0.1, -0.05) is 117 Å². The van der Waals surface area contributed by atoms with Gasteiger partial charge in [0.2, 0.25) is 12.2 Å². The normalized spacial score (nSPS) is 27.1. The van der Waals surface area contributed by atoms with Gasteiger partial charge in [-0.25, -0.2) is 23.2 Å². The van der Waals surface area contributed by atoms with Crippen LogP contribution in [0.4, 0.5) is 8.78 Å². The highest BCUT2D eigenvalue weighted by atomic mass is 32.2. The summed E-state index contributed by atoms with van der Waals surface area (Å²) in [5.41, 5.74) is -5.82. The molecule has 3 aromatic carbocycles. The van der Waals surface area contributed by atoms with Crippen molar-refractivity contribution in [1.82, 2.24) is 0 Å². The van der Waals surface area contributed by atoms with Crippen molar-refractivity contribution in [2.24, 2.45) is 91.2 Å². The van der Waals surface area contributed by atoms with E-state index in [0.29, 0.717) is 113 Å². The SMILES string of the molecule is CCC(C)(C)C(=O)OC1(C(C)C)CCCC1.CCC(C)(C)C(=O)OC12CC3CC(CC(O)(C3)C1)C2.CCC(C)(C)C(=O)OC12CC3CC(CC(O)(C3)C1)C2.CCC(C)(C)C(=O)OC1CCOC1=O.CCC(C)(C)C(=O)OC1CCOC1=O.CCC(C)(C)C(=O)OCC(=O)OCC(C)(F)F.CCC(C)(C)C(=O)OCCOC(=O)CCC(=O)OC1(C)C2CC3CC(C2)CC1C3.c1ccc([S+](c2ccccc2)c2ccccc2)cc1. The van der Waals surface area contributed by atoms with E-state index >= 15 is 0 Å². The molecule has 15 fully saturated rings. The fourth-order valence-corrected chi connectivity index (χ4v) is 24.1. The van der Waals surface area contributed by atoms with Crippen LogP contribution in [0, 0.1) is 91.2 Å². The molecule has 13 saturated carbocycles. The highest BCUT2D eigenvalue weighted by Gasteiger charge is 2.63. The zero-order chi connectivity index (χ0) is 110. The Morgan fingerprint density at radius 2 is 0.701 bits per heavy atom. The molecule has 3 aromatic rings. The van der Waals surface area contributed by atoms with Gasteiger partial charge < -0.3 is 67.1 Å². The zero-order valence-corrected chi connectivity index (χ0v) is 94.1. The molecule has 29 heteroatoms. The first kappa shape index (κ1) is 124. The van der Waals surface area contributed by atoms with Gasteiger partial charge in [-0.3, -0.25) is 43.2 Å². The highest BCUT2D eigenvalue weighted by Crippen LogP contribution is 2.63. The van der Waals surface area contributed by atoms with E-state index in [-0.39, 0.29) is 107 Å². The Bertz CT molecular complexity index is 4550. The van der Waals surface area contributed by atoms with Crippen LogP contribution >= 0.6 is 0 Å². The van der Waals surface area contributed by atoms with E-state index in [4.69, 9.17) is 47.4 Å². The van der Waals surface area contributed by atoms with Crippen molar-refractivity contribution in [2.45, 2.75) is 445 Å². The summed E-state index contributed by atoms with van der Waals surface area (Å²) in [6.45, 7) is 45.7. The number of hydrogen-bond acceptors (Lipinski definition) is 26. The molecule has 147 heavy (non-hydrogen) atoms. The van der Waals surface area contributed by atoms with Gasteiger partial charge in [0, 0.05) is 32.6 Å². The molecule has 15 aliphatic rings. The van der Waals surface area contributed by atoms with E-state index in [1.165, 1.54) is 72.5 Å². The number of hydrogen-bond donors (Lipinski definition) is 2. The maximum Gasteiger partial charge on any atom is 0.347 e. The van der Waals surface area contributed by atoms with Crippen molar-refractivity contribution in [3.63, 3.8) is 0 Å². The zero-order valence-electron chi connectivity index (χ0n) is 93.2. The summed E-state index contributed by atoms with van der Waals surface area (Å²) < 4.78 is 87.1. The molecule has 2 aliphatic heterocycles. The molecule has 826 valence electrons. The van der Waals surface area contributed by atoms with E-state index in [9.17, 15) is 76.5 Å². The van der Waals surface area contributed by atoms with Crippen LogP contribution in [-0.2, 0) is 125 Å². The first-order chi connectivity index (χ1) is 68.5. The van der Waals surface area contributed by atoms with Crippen molar-refractivity contribution in [2.75, 3.05) is 39.6 Å². The smallest absolute Gasteiger partial charge is 0.347 e. The molecule has 18 rings (SSSR count). The second-order valence-electron chi connectivity index (χ2n) is 49.1. The minimum Gasteiger partial charge on any atom is -0.463 e. The number of benzene rings is 3. The van der Waals surface area contributed by atoms with Crippen LogP contribution in [0.15, 0.2) is 106 Å². The molecular weight excluding hydrogens is 1900 g/mol. The van der Waals surface area contributed by atoms with Crippen LogP contribution in [0.2, 0.25) is 0 Å². The van der Waals surface area contributed by atoms with Gasteiger partial charge in [0.05, 0.1) is 86.1 Å². The summed E-state index contributed by atoms with van der Waals surface area (Å²) in [6, 6.07) is 32.2. The van der Waals surface area contributed by atoms with Gasteiger partial charge in [-0.15, -0.1) is 0 Å². The summed E-state index contributed by atoms with van der Waals surface area (Å²) in [7, 11) is -0.0146. The minimum absolute atomic E-state index is 0.00402. The maximum atomic E-state index is 12.4. The Hall–Kier alpha value is -8.57. The van der Waals surface area contributed by atoms with E-state index in [1.54, 1.807) is 48.5 Å². The number of aliphatic hydroxyl groups is 2. The maximum absolute atomic E-state index is 12.4. The van der Waals surface area contributed by atoms with Crippen LogP contribution in [0.25, 0.3) is 0 Å². The second kappa shape index (κ2) is 52.2. The molecule has 26 nitrogen and oxygen atoms in total. The third-order valence-electron chi connectivity index (χ3n) is 33.6. The van der Waals surface area contributed by atoms with E-state index in [1.807, 2.05) is 96.9 Å². The predicted octanol–water partition coefficient (Wildman–Crippen LogP) is 23.6. The largest absolute Gasteiger partial charge is 0.463 e. The minimum atomic E-state index is -3.08. The lowest BCUT2D eigenvalue weighted by Gasteiger charge is -2.59. The second-order valence-corrected chi connectivity index (χ2v) is 51.1. The molecule has 12 bridgehead atoms. The summed E-state index contributed by atoms with van der Waals surface area (Å²) in [6.07, 6.45) is 26.4. The third-order valence-corrected chi connectivity index (χ3v) is 35.9. The molecule has 13 aliphatic carbocycles. The average Bonchev–Trinajstić information content (AvgIpc) is 1.29. The number of ether oxygens (including phenoxy) is 12. The Kier molecular flexibility index (Phi) is 43.9. The summed E-state index contributed by atoms with van der Waals surface area (Å²) >= 11 is 0. The van der Waals surface area contributed by atoms with Crippen LogP contribution in [0.3, 0.4) is 0 Å². The third kappa shape index (κ3) is 35.0. The van der Waals surface area contributed by atoms with Crippen LogP contribution in [0.5, 0.6) is 0 Å². The average molecular weight is 2080 g/mol. The number of alkyl halides is 2. The number of esters is 12. The lowest BCUT2D eigenvalue weighted by molar-refractivity contribution is -0.226. The van der Waals surface area contributed by atoms with E-state index in [0.717, 1.165) is 95.3 Å². The highest BCUT2D eigenvalue weighted by molar-refractivity contribution is 7.97. The van der Waals surface area contributed by atoms with Gasteiger partial charge in [0.25, 0.3) is 5.92 Å². The number of carbonyl (C=O) groups excluding carboxylic acids is 12. The van der Waals surface area contributed by atoms with E-state index in [2.05, 4.69) is 121 Å². The summed E-state index contributed by atoms with van der Waals surface area (Å²) in [5.74, 6) is -2.17. The molecule has 0 radical (unpaired) electrons. The lowest BCUT2D eigenvalue weighted by atomic mass is 9.50. The number of cyclic esters (lactones) is 2. The molecule has 0 spiro atoms. The topological polar surface area (TPSA) is 356 Å².